The van der Waals surface area contributed by atoms with Crippen molar-refractivity contribution in [3.05, 3.63) is 52.2 Å². The normalized spacial score (nSPS) is 10.5. The Morgan fingerprint density at radius 3 is 2.79 bits per heavy atom. The van der Waals surface area contributed by atoms with Crippen LogP contribution >= 0.6 is 0 Å². The maximum Gasteiger partial charge on any atom is 0.387 e. The summed E-state index contributed by atoms with van der Waals surface area (Å²) in [5, 5.41) is 13.8. The molecule has 2 aromatic rings. The number of benzene rings is 1. The molecule has 128 valence electrons. The lowest BCUT2D eigenvalue weighted by molar-refractivity contribution is -0.384. The van der Waals surface area contributed by atoms with Gasteiger partial charge in [-0.1, -0.05) is 6.07 Å². The highest BCUT2D eigenvalue weighted by molar-refractivity contribution is 5.55. The molecule has 0 aliphatic carbocycles. The van der Waals surface area contributed by atoms with Crippen LogP contribution < -0.4 is 14.8 Å². The highest BCUT2D eigenvalue weighted by atomic mass is 19.3. The summed E-state index contributed by atoms with van der Waals surface area (Å²) in [5.41, 5.74) is 0.676. The molecule has 0 spiro atoms. The molecule has 1 aromatic carbocycles. The number of ether oxygens (including phenoxy) is 2. The number of hydrogen-bond acceptors (Lipinski definition) is 6. The highest BCUT2D eigenvalue weighted by Gasteiger charge is 2.14. The van der Waals surface area contributed by atoms with E-state index in [0.717, 1.165) is 5.56 Å². The van der Waals surface area contributed by atoms with Gasteiger partial charge in [-0.2, -0.15) is 8.78 Å². The molecule has 0 unspecified atom stereocenters. The minimum atomic E-state index is -2.93. The average Bonchev–Trinajstić information content (AvgIpc) is 2.56. The third kappa shape index (κ3) is 4.51. The van der Waals surface area contributed by atoms with Crippen LogP contribution in [0, 0.1) is 10.1 Å². The van der Waals surface area contributed by atoms with E-state index in [0.29, 0.717) is 13.0 Å². The molecule has 0 aliphatic rings. The molecule has 0 atom stereocenters. The van der Waals surface area contributed by atoms with E-state index in [1.807, 2.05) is 0 Å². The second-order valence-electron chi connectivity index (χ2n) is 4.67. The van der Waals surface area contributed by atoms with Gasteiger partial charge >= 0.3 is 12.3 Å². The number of alkyl halides is 2. The lowest BCUT2D eigenvalue weighted by Gasteiger charge is -2.12. The number of pyridine rings is 1. The number of hydrogen-bond donors (Lipinski definition) is 1. The number of rotatable bonds is 8. The zero-order valence-corrected chi connectivity index (χ0v) is 12.7. The summed E-state index contributed by atoms with van der Waals surface area (Å²) < 4.78 is 33.9. The number of aromatic nitrogens is 1. The fraction of sp³-hybridized carbons (Fsp3) is 0.267. The summed E-state index contributed by atoms with van der Waals surface area (Å²) in [7, 11) is 1.35. The number of nitro groups is 1. The van der Waals surface area contributed by atoms with Crippen molar-refractivity contribution in [3.63, 3.8) is 0 Å². The largest absolute Gasteiger partial charge is 0.493 e. The average molecular weight is 339 g/mol. The van der Waals surface area contributed by atoms with Gasteiger partial charge in [0.2, 0.25) is 5.82 Å². The Balaban J connectivity index is 2.01. The number of nitrogens with zero attached hydrogens (tertiary/aromatic N) is 2. The lowest BCUT2D eigenvalue weighted by atomic mass is 10.1. The van der Waals surface area contributed by atoms with E-state index in [2.05, 4.69) is 15.0 Å². The molecule has 1 N–H and O–H groups in total. The smallest absolute Gasteiger partial charge is 0.387 e. The van der Waals surface area contributed by atoms with Crippen LogP contribution in [0.25, 0.3) is 0 Å². The van der Waals surface area contributed by atoms with E-state index >= 15 is 0 Å². The Morgan fingerprint density at radius 1 is 1.33 bits per heavy atom. The van der Waals surface area contributed by atoms with Gasteiger partial charge in [0.25, 0.3) is 0 Å². The summed E-state index contributed by atoms with van der Waals surface area (Å²) in [6, 6.07) is 7.43. The standard InChI is InChI=1S/C15H15F2N3O4/c1-23-13-9-10(4-5-12(13)24-15(16)17)6-8-19-14-11(20(21)22)3-2-7-18-14/h2-5,7,9,15H,6,8H2,1H3,(H,18,19). The van der Waals surface area contributed by atoms with Crippen molar-refractivity contribution in [2.24, 2.45) is 0 Å². The summed E-state index contributed by atoms with van der Waals surface area (Å²) in [5.74, 6) is 0.313. The van der Waals surface area contributed by atoms with Gasteiger partial charge in [-0.3, -0.25) is 10.1 Å². The van der Waals surface area contributed by atoms with Crippen molar-refractivity contribution < 1.29 is 23.2 Å². The molecule has 0 aliphatic heterocycles. The van der Waals surface area contributed by atoms with Crippen LogP contribution in [-0.4, -0.2) is 30.2 Å². The first kappa shape index (κ1) is 17.4. The second kappa shape index (κ2) is 8.04. The molecule has 0 saturated carbocycles. The number of methoxy groups -OCH3 is 1. The SMILES string of the molecule is COc1cc(CCNc2ncccc2[N+](=O)[O-])ccc1OC(F)F. The van der Waals surface area contributed by atoms with E-state index in [-0.39, 0.29) is 23.0 Å². The molecular weight excluding hydrogens is 324 g/mol. The minimum Gasteiger partial charge on any atom is -0.493 e. The lowest BCUT2D eigenvalue weighted by Crippen LogP contribution is -2.09. The van der Waals surface area contributed by atoms with Crippen LogP contribution in [0.1, 0.15) is 5.56 Å². The number of halogens is 2. The van der Waals surface area contributed by atoms with Crippen molar-refractivity contribution in [2.45, 2.75) is 13.0 Å². The predicted molar refractivity (Wildman–Crippen MR) is 82.7 cm³/mol. The van der Waals surface area contributed by atoms with Crippen LogP contribution in [0.4, 0.5) is 20.3 Å². The Bertz CT molecular complexity index is 713. The fourth-order valence-corrected chi connectivity index (χ4v) is 2.07. The molecule has 1 aromatic heterocycles. The van der Waals surface area contributed by atoms with E-state index in [9.17, 15) is 18.9 Å². The Kier molecular flexibility index (Phi) is 5.83. The molecular formula is C15H15F2N3O4. The van der Waals surface area contributed by atoms with E-state index in [1.54, 1.807) is 12.1 Å². The molecule has 0 amide bonds. The zero-order valence-electron chi connectivity index (χ0n) is 12.7. The first-order valence-electron chi connectivity index (χ1n) is 6.96. The quantitative estimate of drug-likeness (QED) is 0.587. The molecule has 0 fully saturated rings. The fourth-order valence-electron chi connectivity index (χ4n) is 2.07. The van der Waals surface area contributed by atoms with Gasteiger partial charge in [0.15, 0.2) is 11.5 Å². The van der Waals surface area contributed by atoms with Gasteiger partial charge in [0.05, 0.1) is 12.0 Å². The van der Waals surface area contributed by atoms with E-state index < -0.39 is 11.5 Å². The van der Waals surface area contributed by atoms with Gasteiger partial charge in [-0.15, -0.1) is 0 Å². The molecule has 0 radical (unpaired) electrons. The van der Waals surface area contributed by atoms with Gasteiger partial charge in [0.1, 0.15) is 0 Å². The van der Waals surface area contributed by atoms with Crippen LogP contribution in [0.5, 0.6) is 11.5 Å². The monoisotopic (exact) mass is 339 g/mol. The number of anilines is 1. The predicted octanol–water partition coefficient (Wildman–Crippen LogP) is 3.25. The van der Waals surface area contributed by atoms with Crippen molar-refractivity contribution in [1.29, 1.82) is 0 Å². The first-order chi connectivity index (χ1) is 11.5. The molecule has 0 bridgehead atoms. The zero-order chi connectivity index (χ0) is 17.5. The third-order valence-corrected chi connectivity index (χ3v) is 3.13. The van der Waals surface area contributed by atoms with E-state index in [4.69, 9.17) is 4.74 Å². The van der Waals surface area contributed by atoms with Crippen LogP contribution in [0.2, 0.25) is 0 Å². The van der Waals surface area contributed by atoms with Crippen LogP contribution in [-0.2, 0) is 6.42 Å². The second-order valence-corrected chi connectivity index (χ2v) is 4.67. The topological polar surface area (TPSA) is 86.5 Å². The minimum absolute atomic E-state index is 0.0513. The van der Waals surface area contributed by atoms with Crippen LogP contribution in [0.3, 0.4) is 0 Å². The van der Waals surface area contributed by atoms with Gasteiger partial charge < -0.3 is 14.8 Å². The maximum absolute atomic E-state index is 12.3. The Hall–Kier alpha value is -2.97. The Morgan fingerprint density at radius 2 is 2.12 bits per heavy atom. The highest BCUT2D eigenvalue weighted by Crippen LogP contribution is 2.29. The molecule has 9 heteroatoms. The van der Waals surface area contributed by atoms with E-state index in [1.165, 1.54) is 31.5 Å². The molecule has 1 heterocycles. The van der Waals surface area contributed by atoms with Crippen molar-refractivity contribution in [1.82, 2.24) is 4.98 Å². The Labute approximate surface area is 136 Å². The van der Waals surface area contributed by atoms with Crippen molar-refractivity contribution in [3.8, 4) is 11.5 Å². The van der Waals surface area contributed by atoms with Crippen molar-refractivity contribution >= 4 is 11.5 Å². The third-order valence-electron chi connectivity index (χ3n) is 3.13. The van der Waals surface area contributed by atoms with Gasteiger partial charge in [-0.25, -0.2) is 4.98 Å². The summed E-state index contributed by atoms with van der Waals surface area (Å²) >= 11 is 0. The van der Waals surface area contributed by atoms with Gasteiger partial charge in [0, 0.05) is 18.8 Å². The van der Waals surface area contributed by atoms with Gasteiger partial charge in [-0.05, 0) is 30.2 Å². The number of nitrogens with one attached hydrogen (secondary N) is 1. The molecule has 24 heavy (non-hydrogen) atoms. The summed E-state index contributed by atoms with van der Waals surface area (Å²) in [6.07, 6.45) is 1.94. The van der Waals surface area contributed by atoms with Crippen LogP contribution in [0.15, 0.2) is 36.5 Å². The molecule has 7 nitrogen and oxygen atoms in total. The maximum atomic E-state index is 12.3. The molecule has 2 rings (SSSR count). The first-order valence-corrected chi connectivity index (χ1v) is 6.96. The molecule has 0 saturated heterocycles. The summed E-state index contributed by atoms with van der Waals surface area (Å²) in [6.45, 7) is -2.56. The van der Waals surface area contributed by atoms with Crippen molar-refractivity contribution in [2.75, 3.05) is 19.0 Å². The summed E-state index contributed by atoms with van der Waals surface area (Å²) in [4.78, 5) is 14.3.